The van der Waals surface area contributed by atoms with Crippen LogP contribution >= 0.6 is 0 Å². The molecule has 1 saturated heterocycles. The summed E-state index contributed by atoms with van der Waals surface area (Å²) in [5.74, 6) is -0.619. The van der Waals surface area contributed by atoms with Crippen LogP contribution in [-0.2, 0) is 9.53 Å². The predicted octanol–water partition coefficient (Wildman–Crippen LogP) is 1.99. The molecule has 0 aromatic rings. The van der Waals surface area contributed by atoms with Crippen LogP contribution in [0.1, 0.15) is 39.5 Å². The molecule has 0 amide bonds. The number of nitrogens with zero attached hydrogens (tertiary/aromatic N) is 1. The van der Waals surface area contributed by atoms with Crippen LogP contribution in [0, 0.1) is 5.41 Å². The van der Waals surface area contributed by atoms with Gasteiger partial charge in [0.25, 0.3) is 0 Å². The summed E-state index contributed by atoms with van der Waals surface area (Å²) >= 11 is 0. The van der Waals surface area contributed by atoms with E-state index in [-0.39, 0.29) is 0 Å². The largest absolute Gasteiger partial charge is 0.481 e. The fourth-order valence-electron chi connectivity index (χ4n) is 2.65. The van der Waals surface area contributed by atoms with Crippen LogP contribution < -0.4 is 0 Å². The summed E-state index contributed by atoms with van der Waals surface area (Å²) in [4.78, 5) is 13.7. The molecule has 0 spiro atoms. The number of ether oxygens (including phenoxy) is 1. The quantitative estimate of drug-likeness (QED) is 0.662. The van der Waals surface area contributed by atoms with Crippen molar-refractivity contribution in [3.05, 3.63) is 0 Å². The summed E-state index contributed by atoms with van der Waals surface area (Å²) in [7, 11) is 0. The first-order valence-electron chi connectivity index (χ1n) is 6.68. The number of carbonyl (C=O) groups is 1. The molecule has 1 aliphatic heterocycles. The van der Waals surface area contributed by atoms with Crippen molar-refractivity contribution in [3.8, 4) is 0 Å². The smallest absolute Gasteiger partial charge is 0.310 e. The molecule has 1 rings (SSSR count). The lowest BCUT2D eigenvalue weighted by Crippen LogP contribution is -2.35. The van der Waals surface area contributed by atoms with E-state index in [1.807, 2.05) is 6.92 Å². The number of hydrogen-bond donors (Lipinski definition) is 1. The van der Waals surface area contributed by atoms with Crippen LogP contribution in [0.25, 0.3) is 0 Å². The van der Waals surface area contributed by atoms with Gasteiger partial charge in [-0.05, 0) is 32.7 Å². The lowest BCUT2D eigenvalue weighted by molar-refractivity contribution is -0.148. The lowest BCUT2D eigenvalue weighted by atomic mass is 9.83. The number of carboxylic acid groups (broad SMARTS) is 1. The zero-order valence-corrected chi connectivity index (χ0v) is 11.1. The highest BCUT2D eigenvalue weighted by Gasteiger charge is 2.43. The highest BCUT2D eigenvalue weighted by molar-refractivity contribution is 5.75. The number of carboxylic acids is 1. The zero-order valence-electron chi connectivity index (χ0n) is 11.1. The van der Waals surface area contributed by atoms with Crippen molar-refractivity contribution in [3.63, 3.8) is 0 Å². The Morgan fingerprint density at radius 1 is 1.47 bits per heavy atom. The van der Waals surface area contributed by atoms with Crippen molar-refractivity contribution in [2.24, 2.45) is 5.41 Å². The van der Waals surface area contributed by atoms with Gasteiger partial charge in [0.2, 0.25) is 0 Å². The van der Waals surface area contributed by atoms with Crippen LogP contribution in [0.4, 0.5) is 0 Å². The maximum atomic E-state index is 11.4. The van der Waals surface area contributed by atoms with Crippen molar-refractivity contribution in [2.45, 2.75) is 39.5 Å². The minimum absolute atomic E-state index is 0.486. The number of likely N-dealkylation sites (tertiary alicyclic amines) is 1. The van der Waals surface area contributed by atoms with Crippen LogP contribution in [0.5, 0.6) is 0 Å². The first kappa shape index (κ1) is 14.5. The predicted molar refractivity (Wildman–Crippen MR) is 67.1 cm³/mol. The van der Waals surface area contributed by atoms with Gasteiger partial charge in [-0.3, -0.25) is 4.79 Å². The third kappa shape index (κ3) is 3.96. The Balaban J connectivity index is 2.35. The third-order valence-corrected chi connectivity index (χ3v) is 3.58. The number of aliphatic carboxylic acids is 1. The third-order valence-electron chi connectivity index (χ3n) is 3.58. The summed E-state index contributed by atoms with van der Waals surface area (Å²) < 4.78 is 5.30. The Morgan fingerprint density at radius 2 is 2.24 bits per heavy atom. The highest BCUT2D eigenvalue weighted by Crippen LogP contribution is 2.35. The maximum Gasteiger partial charge on any atom is 0.310 e. The molecule has 0 radical (unpaired) electrons. The highest BCUT2D eigenvalue weighted by atomic mass is 16.5. The Hall–Kier alpha value is -0.610. The van der Waals surface area contributed by atoms with Gasteiger partial charge in [0, 0.05) is 26.3 Å². The molecule has 0 aliphatic carbocycles. The van der Waals surface area contributed by atoms with Crippen LogP contribution in [-0.4, -0.2) is 48.8 Å². The molecule has 1 heterocycles. The van der Waals surface area contributed by atoms with E-state index < -0.39 is 11.4 Å². The van der Waals surface area contributed by atoms with Crippen molar-refractivity contribution >= 4 is 5.97 Å². The second-order valence-corrected chi connectivity index (χ2v) is 4.91. The van der Waals surface area contributed by atoms with Gasteiger partial charge in [-0.15, -0.1) is 0 Å². The van der Waals surface area contributed by atoms with Crippen molar-refractivity contribution in [2.75, 3.05) is 32.8 Å². The van der Waals surface area contributed by atoms with E-state index in [1.165, 1.54) is 0 Å². The number of hydrogen-bond acceptors (Lipinski definition) is 3. The standard InChI is InChI=1S/C13H25NO3/c1-3-6-13(12(15)16)7-9-14(11-13)8-5-10-17-4-2/h3-11H2,1-2H3,(H,15,16). The van der Waals surface area contributed by atoms with Gasteiger partial charge in [-0.1, -0.05) is 13.3 Å². The summed E-state index contributed by atoms with van der Waals surface area (Å²) in [6.07, 6.45) is 3.53. The summed E-state index contributed by atoms with van der Waals surface area (Å²) in [5, 5.41) is 9.37. The molecular weight excluding hydrogens is 218 g/mol. The summed E-state index contributed by atoms with van der Waals surface area (Å²) in [5.41, 5.74) is -0.486. The van der Waals surface area contributed by atoms with Gasteiger partial charge in [0.15, 0.2) is 0 Å². The van der Waals surface area contributed by atoms with Gasteiger partial charge >= 0.3 is 5.97 Å². The van der Waals surface area contributed by atoms with E-state index in [0.29, 0.717) is 6.54 Å². The minimum Gasteiger partial charge on any atom is -0.481 e. The van der Waals surface area contributed by atoms with Crippen molar-refractivity contribution < 1.29 is 14.6 Å². The second-order valence-electron chi connectivity index (χ2n) is 4.91. The van der Waals surface area contributed by atoms with Crippen molar-refractivity contribution in [1.29, 1.82) is 0 Å². The fourth-order valence-corrected chi connectivity index (χ4v) is 2.65. The molecule has 4 heteroatoms. The lowest BCUT2D eigenvalue weighted by Gasteiger charge is -2.24. The molecule has 17 heavy (non-hydrogen) atoms. The molecule has 0 bridgehead atoms. The van der Waals surface area contributed by atoms with Crippen LogP contribution in [0.2, 0.25) is 0 Å². The van der Waals surface area contributed by atoms with Gasteiger partial charge in [0.1, 0.15) is 0 Å². The Labute approximate surface area is 104 Å². The van der Waals surface area contributed by atoms with Crippen molar-refractivity contribution in [1.82, 2.24) is 4.90 Å². The first-order chi connectivity index (χ1) is 8.14. The summed E-state index contributed by atoms with van der Waals surface area (Å²) in [6.45, 7) is 8.17. The molecule has 0 aromatic heterocycles. The van der Waals surface area contributed by atoms with E-state index in [4.69, 9.17) is 4.74 Å². The Morgan fingerprint density at radius 3 is 2.82 bits per heavy atom. The van der Waals surface area contributed by atoms with Gasteiger partial charge in [-0.25, -0.2) is 0 Å². The van der Waals surface area contributed by atoms with Crippen LogP contribution in [0.15, 0.2) is 0 Å². The zero-order chi connectivity index (χ0) is 12.7. The monoisotopic (exact) mass is 243 g/mol. The molecular formula is C13H25NO3. The van der Waals surface area contributed by atoms with E-state index in [0.717, 1.165) is 52.0 Å². The van der Waals surface area contributed by atoms with Gasteiger partial charge < -0.3 is 14.7 Å². The van der Waals surface area contributed by atoms with E-state index in [9.17, 15) is 9.90 Å². The van der Waals surface area contributed by atoms with E-state index in [1.54, 1.807) is 0 Å². The molecule has 100 valence electrons. The SMILES string of the molecule is CCCC1(C(=O)O)CCN(CCCOCC)C1. The Bertz CT molecular complexity index is 245. The first-order valence-corrected chi connectivity index (χ1v) is 6.68. The molecule has 0 aromatic carbocycles. The minimum atomic E-state index is -0.619. The van der Waals surface area contributed by atoms with Gasteiger partial charge in [0.05, 0.1) is 5.41 Å². The van der Waals surface area contributed by atoms with E-state index in [2.05, 4.69) is 11.8 Å². The molecule has 1 atom stereocenters. The summed E-state index contributed by atoms with van der Waals surface area (Å²) in [6, 6.07) is 0. The second kappa shape index (κ2) is 6.97. The topological polar surface area (TPSA) is 49.8 Å². The molecule has 1 N–H and O–H groups in total. The van der Waals surface area contributed by atoms with E-state index >= 15 is 0 Å². The molecule has 1 fully saturated rings. The molecule has 1 aliphatic rings. The molecule has 4 nitrogen and oxygen atoms in total. The average Bonchev–Trinajstić information content (AvgIpc) is 2.70. The normalized spacial score (nSPS) is 25.3. The maximum absolute atomic E-state index is 11.4. The molecule has 1 unspecified atom stereocenters. The fraction of sp³-hybridized carbons (Fsp3) is 0.923. The number of rotatable bonds is 8. The molecule has 0 saturated carbocycles. The Kier molecular flexibility index (Phi) is 5.92. The van der Waals surface area contributed by atoms with Gasteiger partial charge in [-0.2, -0.15) is 0 Å². The average molecular weight is 243 g/mol. The van der Waals surface area contributed by atoms with Crippen LogP contribution in [0.3, 0.4) is 0 Å².